The van der Waals surface area contributed by atoms with Gasteiger partial charge in [0.2, 0.25) is 0 Å². The van der Waals surface area contributed by atoms with Gasteiger partial charge in [0.15, 0.2) is 5.13 Å². The lowest BCUT2D eigenvalue weighted by Gasteiger charge is -2.23. The zero-order valence-corrected chi connectivity index (χ0v) is 22.4. The summed E-state index contributed by atoms with van der Waals surface area (Å²) in [6.45, 7) is 4.98. The molecule has 0 bridgehead atoms. The number of hydrogen-bond acceptors (Lipinski definition) is 7. The van der Waals surface area contributed by atoms with Crippen LogP contribution in [0, 0.1) is 0 Å². The molecule has 4 aromatic rings. The first-order chi connectivity index (χ1) is 18.4. The SMILES string of the molecule is CCCOc1ccc(C2/C(=C(\O)c3ccc(OCC)cc3)C(=O)C(=O)N2c2nc3ccc(Cl)cc3s2)cc1. The first-order valence-electron chi connectivity index (χ1n) is 12.2. The molecule has 194 valence electrons. The Morgan fingerprint density at radius 1 is 1.00 bits per heavy atom. The minimum absolute atomic E-state index is 0.0151. The average molecular weight is 549 g/mol. The van der Waals surface area contributed by atoms with E-state index in [2.05, 4.69) is 4.98 Å². The van der Waals surface area contributed by atoms with Crippen LogP contribution in [-0.4, -0.2) is 35.0 Å². The summed E-state index contributed by atoms with van der Waals surface area (Å²) < 4.78 is 12.0. The van der Waals surface area contributed by atoms with Crippen LogP contribution >= 0.6 is 22.9 Å². The summed E-state index contributed by atoms with van der Waals surface area (Å²) in [6.07, 6.45) is 0.867. The van der Waals surface area contributed by atoms with Gasteiger partial charge in [-0.3, -0.25) is 14.5 Å². The van der Waals surface area contributed by atoms with Gasteiger partial charge in [0, 0.05) is 10.6 Å². The number of rotatable bonds is 8. The van der Waals surface area contributed by atoms with Crippen LogP contribution in [0.3, 0.4) is 0 Å². The molecule has 0 radical (unpaired) electrons. The van der Waals surface area contributed by atoms with Crippen molar-refractivity contribution >= 4 is 55.7 Å². The number of ether oxygens (including phenoxy) is 2. The lowest BCUT2D eigenvalue weighted by Crippen LogP contribution is -2.29. The summed E-state index contributed by atoms with van der Waals surface area (Å²) >= 11 is 7.42. The van der Waals surface area contributed by atoms with E-state index in [0.29, 0.717) is 51.5 Å². The second-order valence-corrected chi connectivity index (χ2v) is 10.1. The van der Waals surface area contributed by atoms with Gasteiger partial charge >= 0.3 is 5.91 Å². The van der Waals surface area contributed by atoms with E-state index in [1.54, 1.807) is 66.7 Å². The number of amides is 1. The number of benzene rings is 3. The summed E-state index contributed by atoms with van der Waals surface area (Å²) in [6, 6.07) is 18.3. The molecular weight excluding hydrogens is 524 g/mol. The number of halogens is 1. The second kappa shape index (κ2) is 10.8. The first kappa shape index (κ1) is 25.8. The highest BCUT2D eigenvalue weighted by Crippen LogP contribution is 2.44. The quantitative estimate of drug-likeness (QED) is 0.149. The summed E-state index contributed by atoms with van der Waals surface area (Å²) in [5.41, 5.74) is 1.68. The van der Waals surface area contributed by atoms with Crippen LogP contribution in [0.4, 0.5) is 5.13 Å². The fourth-order valence-electron chi connectivity index (χ4n) is 4.33. The molecular formula is C29H25ClN2O5S. The van der Waals surface area contributed by atoms with E-state index in [0.717, 1.165) is 11.1 Å². The molecule has 5 rings (SSSR count). The third-order valence-corrected chi connectivity index (χ3v) is 7.35. The number of hydrogen-bond donors (Lipinski definition) is 1. The van der Waals surface area contributed by atoms with Crippen molar-refractivity contribution in [3.05, 3.63) is 88.5 Å². The Kier molecular flexibility index (Phi) is 7.35. The zero-order chi connectivity index (χ0) is 26.8. The Hall–Kier alpha value is -3.88. The largest absolute Gasteiger partial charge is 0.507 e. The van der Waals surface area contributed by atoms with Crippen molar-refractivity contribution in [3.8, 4) is 11.5 Å². The molecule has 1 aliphatic heterocycles. The van der Waals surface area contributed by atoms with E-state index < -0.39 is 17.7 Å². The van der Waals surface area contributed by atoms with Crippen LogP contribution in [0.5, 0.6) is 11.5 Å². The number of anilines is 1. The Morgan fingerprint density at radius 3 is 2.37 bits per heavy atom. The van der Waals surface area contributed by atoms with Crippen molar-refractivity contribution in [3.63, 3.8) is 0 Å². The van der Waals surface area contributed by atoms with E-state index in [1.807, 2.05) is 13.8 Å². The minimum atomic E-state index is -0.891. The minimum Gasteiger partial charge on any atom is -0.507 e. The predicted molar refractivity (Wildman–Crippen MR) is 149 cm³/mol. The van der Waals surface area contributed by atoms with E-state index in [4.69, 9.17) is 21.1 Å². The molecule has 1 aliphatic rings. The molecule has 0 saturated carbocycles. The van der Waals surface area contributed by atoms with Gasteiger partial charge in [-0.15, -0.1) is 0 Å². The van der Waals surface area contributed by atoms with Gasteiger partial charge in [0.05, 0.1) is 35.0 Å². The fraction of sp³-hybridized carbons (Fsp3) is 0.207. The molecule has 1 unspecified atom stereocenters. The van der Waals surface area contributed by atoms with Crippen LogP contribution in [0.15, 0.2) is 72.3 Å². The van der Waals surface area contributed by atoms with Gasteiger partial charge in [-0.2, -0.15) is 0 Å². The summed E-state index contributed by atoms with van der Waals surface area (Å²) in [5, 5.41) is 12.2. The van der Waals surface area contributed by atoms with Gasteiger partial charge in [-0.1, -0.05) is 42.0 Å². The van der Waals surface area contributed by atoms with Crippen molar-refractivity contribution in [2.24, 2.45) is 0 Å². The third kappa shape index (κ3) is 4.85. The number of thiazole rings is 1. The maximum Gasteiger partial charge on any atom is 0.301 e. The van der Waals surface area contributed by atoms with Gasteiger partial charge in [-0.05, 0) is 73.5 Å². The van der Waals surface area contributed by atoms with Gasteiger partial charge in [0.25, 0.3) is 5.78 Å². The number of fused-ring (bicyclic) bond motifs is 1. The molecule has 1 N–H and O–H groups in total. The standard InChI is InChI=1S/C29H25ClN2O5S/c1-3-15-37-21-10-5-17(6-11-21)25-24(26(33)18-7-12-20(13-8-18)36-4-2)27(34)28(35)32(25)29-31-22-14-9-19(30)16-23(22)38-29/h5-14,16,25,33H,3-4,15H2,1-2H3/b26-24+. The maximum absolute atomic E-state index is 13.5. The summed E-state index contributed by atoms with van der Waals surface area (Å²) in [4.78, 5) is 32.9. The number of aliphatic hydroxyl groups excluding tert-OH is 1. The smallest absolute Gasteiger partial charge is 0.301 e. The number of carbonyl (C=O) groups is 2. The third-order valence-electron chi connectivity index (χ3n) is 6.10. The molecule has 1 saturated heterocycles. The Balaban J connectivity index is 1.64. The van der Waals surface area contributed by atoms with E-state index in [9.17, 15) is 14.7 Å². The van der Waals surface area contributed by atoms with Crippen LogP contribution < -0.4 is 14.4 Å². The number of aromatic nitrogens is 1. The highest BCUT2D eigenvalue weighted by molar-refractivity contribution is 7.22. The highest BCUT2D eigenvalue weighted by Gasteiger charge is 2.48. The van der Waals surface area contributed by atoms with E-state index in [1.165, 1.54) is 16.2 Å². The van der Waals surface area contributed by atoms with Crippen LogP contribution in [0.2, 0.25) is 5.02 Å². The van der Waals surface area contributed by atoms with E-state index >= 15 is 0 Å². The van der Waals surface area contributed by atoms with Crippen molar-refractivity contribution in [1.29, 1.82) is 0 Å². The Labute approximate surface area is 228 Å². The average Bonchev–Trinajstić information content (AvgIpc) is 3.45. The van der Waals surface area contributed by atoms with Crippen LogP contribution in [-0.2, 0) is 9.59 Å². The first-order valence-corrected chi connectivity index (χ1v) is 13.4. The number of Topliss-reactive ketones (excluding diaryl/α,β-unsaturated/α-hetero) is 1. The van der Waals surface area contributed by atoms with Gasteiger partial charge in [0.1, 0.15) is 17.3 Å². The van der Waals surface area contributed by atoms with E-state index in [-0.39, 0.29) is 11.3 Å². The molecule has 1 fully saturated rings. The number of aliphatic hydroxyl groups is 1. The molecule has 0 aliphatic carbocycles. The number of nitrogens with zero attached hydrogens (tertiary/aromatic N) is 2. The summed E-state index contributed by atoms with van der Waals surface area (Å²) in [7, 11) is 0. The Morgan fingerprint density at radius 2 is 1.68 bits per heavy atom. The van der Waals surface area contributed by atoms with Crippen LogP contribution in [0.1, 0.15) is 37.4 Å². The second-order valence-electron chi connectivity index (χ2n) is 8.65. The van der Waals surface area contributed by atoms with Gasteiger partial charge < -0.3 is 14.6 Å². The fourth-order valence-corrected chi connectivity index (χ4v) is 5.60. The van der Waals surface area contributed by atoms with Crippen molar-refractivity contribution in [2.75, 3.05) is 18.1 Å². The Bertz CT molecular complexity index is 1530. The lowest BCUT2D eigenvalue weighted by molar-refractivity contribution is -0.132. The molecule has 38 heavy (non-hydrogen) atoms. The van der Waals surface area contributed by atoms with Crippen molar-refractivity contribution < 1.29 is 24.2 Å². The summed E-state index contributed by atoms with van der Waals surface area (Å²) in [5.74, 6) is -0.510. The molecule has 1 aromatic heterocycles. The number of carbonyl (C=O) groups excluding carboxylic acids is 2. The normalized spacial score (nSPS) is 16.8. The molecule has 9 heteroatoms. The molecule has 1 amide bonds. The zero-order valence-electron chi connectivity index (χ0n) is 20.8. The lowest BCUT2D eigenvalue weighted by atomic mass is 9.95. The number of ketones is 1. The molecule has 0 spiro atoms. The predicted octanol–water partition coefficient (Wildman–Crippen LogP) is 6.76. The van der Waals surface area contributed by atoms with Crippen molar-refractivity contribution in [2.45, 2.75) is 26.3 Å². The highest BCUT2D eigenvalue weighted by atomic mass is 35.5. The topological polar surface area (TPSA) is 89.0 Å². The molecule has 1 atom stereocenters. The maximum atomic E-state index is 13.5. The van der Waals surface area contributed by atoms with Crippen molar-refractivity contribution in [1.82, 2.24) is 4.98 Å². The van der Waals surface area contributed by atoms with Gasteiger partial charge in [-0.25, -0.2) is 4.98 Å². The molecule has 3 aromatic carbocycles. The monoisotopic (exact) mass is 548 g/mol. The van der Waals surface area contributed by atoms with Crippen LogP contribution in [0.25, 0.3) is 16.0 Å². The molecule has 7 nitrogen and oxygen atoms in total. The molecule has 2 heterocycles.